The number of halogens is 1. The van der Waals surface area contributed by atoms with Crippen LogP contribution in [0.5, 0.6) is 0 Å². The van der Waals surface area contributed by atoms with Crippen LogP contribution in [0.25, 0.3) is 10.8 Å². The highest BCUT2D eigenvalue weighted by atomic mass is 19.1. The SMILES string of the molecule is CNC(Cc1ccc(F)cc1)c1cccc2ccncc12. The van der Waals surface area contributed by atoms with Crippen LogP contribution in [0.15, 0.2) is 60.9 Å². The van der Waals surface area contributed by atoms with Crippen molar-refractivity contribution >= 4 is 10.8 Å². The highest BCUT2D eigenvalue weighted by molar-refractivity contribution is 5.85. The maximum Gasteiger partial charge on any atom is 0.123 e. The lowest BCUT2D eigenvalue weighted by molar-refractivity contribution is 0.592. The van der Waals surface area contributed by atoms with Crippen molar-refractivity contribution < 1.29 is 4.39 Å². The second-order valence-electron chi connectivity index (χ2n) is 5.12. The van der Waals surface area contributed by atoms with Gasteiger partial charge < -0.3 is 5.32 Å². The zero-order valence-corrected chi connectivity index (χ0v) is 11.9. The molecular weight excluding hydrogens is 263 g/mol. The van der Waals surface area contributed by atoms with Gasteiger partial charge in [-0.15, -0.1) is 0 Å². The highest BCUT2D eigenvalue weighted by Gasteiger charge is 2.13. The fourth-order valence-electron chi connectivity index (χ4n) is 2.66. The van der Waals surface area contributed by atoms with E-state index in [9.17, 15) is 4.39 Å². The molecule has 3 heteroatoms. The molecule has 1 atom stereocenters. The molecule has 2 nitrogen and oxygen atoms in total. The molecule has 0 radical (unpaired) electrons. The van der Waals surface area contributed by atoms with Crippen molar-refractivity contribution in [3.63, 3.8) is 0 Å². The topological polar surface area (TPSA) is 24.9 Å². The molecule has 2 aromatic carbocycles. The molecule has 1 N–H and O–H groups in total. The van der Waals surface area contributed by atoms with Gasteiger partial charge >= 0.3 is 0 Å². The van der Waals surface area contributed by atoms with Gasteiger partial charge in [0, 0.05) is 23.8 Å². The van der Waals surface area contributed by atoms with E-state index >= 15 is 0 Å². The molecule has 1 unspecified atom stereocenters. The van der Waals surface area contributed by atoms with Crippen LogP contribution in [0.2, 0.25) is 0 Å². The van der Waals surface area contributed by atoms with Crippen molar-refractivity contribution in [3.05, 3.63) is 77.9 Å². The van der Waals surface area contributed by atoms with Crippen LogP contribution in [0.1, 0.15) is 17.2 Å². The van der Waals surface area contributed by atoms with Gasteiger partial charge in [0.15, 0.2) is 0 Å². The number of aromatic nitrogens is 1. The Labute approximate surface area is 123 Å². The van der Waals surface area contributed by atoms with E-state index < -0.39 is 0 Å². The van der Waals surface area contributed by atoms with Crippen molar-refractivity contribution in [1.82, 2.24) is 10.3 Å². The molecule has 0 spiro atoms. The first-order valence-electron chi connectivity index (χ1n) is 7.02. The molecule has 0 saturated carbocycles. The molecule has 0 saturated heterocycles. The molecule has 0 aliphatic rings. The number of rotatable bonds is 4. The summed E-state index contributed by atoms with van der Waals surface area (Å²) in [4.78, 5) is 4.23. The first kappa shape index (κ1) is 13.7. The fourth-order valence-corrected chi connectivity index (χ4v) is 2.66. The van der Waals surface area contributed by atoms with Gasteiger partial charge in [-0.3, -0.25) is 4.98 Å². The van der Waals surface area contributed by atoms with Crippen molar-refractivity contribution in [1.29, 1.82) is 0 Å². The minimum atomic E-state index is -0.200. The van der Waals surface area contributed by atoms with Gasteiger partial charge in [0.25, 0.3) is 0 Å². The molecule has 0 fully saturated rings. The Bertz CT molecular complexity index is 732. The van der Waals surface area contributed by atoms with Crippen molar-refractivity contribution in [2.24, 2.45) is 0 Å². The van der Waals surface area contributed by atoms with Gasteiger partial charge in [-0.05, 0) is 48.2 Å². The number of hydrogen-bond donors (Lipinski definition) is 1. The molecule has 106 valence electrons. The number of likely N-dealkylation sites (N-methyl/N-ethyl adjacent to an activating group) is 1. The molecule has 0 bridgehead atoms. The summed E-state index contributed by atoms with van der Waals surface area (Å²) < 4.78 is 13.0. The Balaban J connectivity index is 1.96. The molecule has 3 rings (SSSR count). The third kappa shape index (κ3) is 2.93. The van der Waals surface area contributed by atoms with E-state index in [-0.39, 0.29) is 11.9 Å². The highest BCUT2D eigenvalue weighted by Crippen LogP contribution is 2.26. The van der Waals surface area contributed by atoms with E-state index in [1.54, 1.807) is 6.20 Å². The standard InChI is InChI=1S/C18H17FN2/c1-20-18(11-13-5-7-15(19)8-6-13)16-4-2-3-14-9-10-21-12-17(14)16/h2-10,12,18,20H,11H2,1H3. The zero-order valence-electron chi connectivity index (χ0n) is 11.9. The van der Waals surface area contributed by atoms with Crippen molar-refractivity contribution in [2.45, 2.75) is 12.5 Å². The second-order valence-corrected chi connectivity index (χ2v) is 5.12. The molecular formula is C18H17FN2. The Kier molecular flexibility index (Phi) is 3.93. The normalized spacial score (nSPS) is 12.5. The summed E-state index contributed by atoms with van der Waals surface area (Å²) in [6, 6.07) is 15.1. The van der Waals surface area contributed by atoms with Crippen LogP contribution in [0.3, 0.4) is 0 Å². The van der Waals surface area contributed by atoms with Gasteiger partial charge in [0.2, 0.25) is 0 Å². The molecule has 0 aliphatic carbocycles. The third-order valence-electron chi connectivity index (χ3n) is 3.79. The fraction of sp³-hybridized carbons (Fsp3) is 0.167. The Morgan fingerprint density at radius 1 is 1.10 bits per heavy atom. The van der Waals surface area contributed by atoms with Gasteiger partial charge in [0.05, 0.1) is 0 Å². The summed E-state index contributed by atoms with van der Waals surface area (Å²) in [7, 11) is 1.95. The Morgan fingerprint density at radius 3 is 2.67 bits per heavy atom. The summed E-state index contributed by atoms with van der Waals surface area (Å²) in [6.07, 6.45) is 4.52. The molecule has 1 aromatic heterocycles. The number of benzene rings is 2. The number of hydrogen-bond acceptors (Lipinski definition) is 2. The second kappa shape index (κ2) is 6.02. The molecule has 1 heterocycles. The van der Waals surface area contributed by atoms with Crippen LogP contribution in [-0.4, -0.2) is 12.0 Å². The van der Waals surface area contributed by atoms with Gasteiger partial charge in [0.1, 0.15) is 5.82 Å². The van der Waals surface area contributed by atoms with E-state index in [1.807, 2.05) is 31.4 Å². The monoisotopic (exact) mass is 280 g/mol. The van der Waals surface area contributed by atoms with Crippen LogP contribution in [0.4, 0.5) is 4.39 Å². The maximum absolute atomic E-state index is 13.0. The Morgan fingerprint density at radius 2 is 1.90 bits per heavy atom. The van der Waals surface area contributed by atoms with E-state index in [4.69, 9.17) is 0 Å². The number of fused-ring (bicyclic) bond motifs is 1. The van der Waals surface area contributed by atoms with Crippen molar-refractivity contribution in [3.8, 4) is 0 Å². The smallest absolute Gasteiger partial charge is 0.123 e. The predicted molar refractivity (Wildman–Crippen MR) is 83.6 cm³/mol. The van der Waals surface area contributed by atoms with Gasteiger partial charge in [-0.25, -0.2) is 4.39 Å². The summed E-state index contributed by atoms with van der Waals surface area (Å²) in [5, 5.41) is 5.69. The van der Waals surface area contributed by atoms with Gasteiger partial charge in [-0.1, -0.05) is 30.3 Å². The quantitative estimate of drug-likeness (QED) is 0.784. The minimum Gasteiger partial charge on any atom is -0.313 e. The van der Waals surface area contributed by atoms with Crippen LogP contribution < -0.4 is 5.32 Å². The van der Waals surface area contributed by atoms with Gasteiger partial charge in [-0.2, -0.15) is 0 Å². The number of nitrogens with one attached hydrogen (secondary N) is 1. The van der Waals surface area contributed by atoms with E-state index in [0.29, 0.717) is 0 Å². The summed E-state index contributed by atoms with van der Waals surface area (Å²) in [5.74, 6) is -0.200. The lowest BCUT2D eigenvalue weighted by Crippen LogP contribution is -2.19. The third-order valence-corrected chi connectivity index (χ3v) is 3.79. The molecule has 0 amide bonds. The summed E-state index contributed by atoms with van der Waals surface area (Å²) in [6.45, 7) is 0. The predicted octanol–water partition coefficient (Wildman–Crippen LogP) is 3.88. The van der Waals surface area contributed by atoms with E-state index in [2.05, 4.69) is 28.5 Å². The average molecular weight is 280 g/mol. The number of pyridine rings is 1. The minimum absolute atomic E-state index is 0.170. The first-order valence-corrected chi connectivity index (χ1v) is 7.02. The number of nitrogens with zero attached hydrogens (tertiary/aromatic N) is 1. The molecule has 0 aliphatic heterocycles. The largest absolute Gasteiger partial charge is 0.313 e. The summed E-state index contributed by atoms with van der Waals surface area (Å²) >= 11 is 0. The maximum atomic E-state index is 13.0. The average Bonchev–Trinajstić information content (AvgIpc) is 2.54. The Hall–Kier alpha value is -2.26. The molecule has 21 heavy (non-hydrogen) atoms. The lowest BCUT2D eigenvalue weighted by atomic mass is 9.95. The zero-order chi connectivity index (χ0) is 14.7. The van der Waals surface area contributed by atoms with Crippen LogP contribution >= 0.6 is 0 Å². The van der Waals surface area contributed by atoms with Crippen LogP contribution in [0, 0.1) is 5.82 Å². The lowest BCUT2D eigenvalue weighted by Gasteiger charge is -2.18. The first-order chi connectivity index (χ1) is 10.3. The summed E-state index contributed by atoms with van der Waals surface area (Å²) in [5.41, 5.74) is 2.32. The van der Waals surface area contributed by atoms with E-state index in [0.717, 1.165) is 17.4 Å². The van der Waals surface area contributed by atoms with Crippen LogP contribution in [-0.2, 0) is 6.42 Å². The van der Waals surface area contributed by atoms with Crippen molar-refractivity contribution in [2.75, 3.05) is 7.05 Å². The molecule has 3 aromatic rings. The van der Waals surface area contributed by atoms with E-state index in [1.165, 1.54) is 23.1 Å².